The third kappa shape index (κ3) is 3.97. The quantitative estimate of drug-likeness (QED) is 0.350. The molecule has 5 rings (SSSR count). The van der Waals surface area contributed by atoms with Crippen molar-refractivity contribution in [2.45, 2.75) is 11.8 Å². The van der Waals surface area contributed by atoms with Crippen LogP contribution in [0.25, 0.3) is 21.3 Å². The first-order chi connectivity index (χ1) is 15.4. The maximum atomic E-state index is 12.8. The number of oxazole rings is 1. The lowest BCUT2D eigenvalue weighted by molar-refractivity contribution is 0.415. The normalized spacial score (nSPS) is 11.7. The molecule has 8 nitrogen and oxygen atoms in total. The van der Waals surface area contributed by atoms with Gasteiger partial charge in [-0.3, -0.25) is 4.72 Å². The number of benzene rings is 3. The molecule has 162 valence electrons. The number of aryl methyl sites for hydroxylation is 1. The Morgan fingerprint density at radius 3 is 2.50 bits per heavy atom. The Morgan fingerprint density at radius 1 is 0.938 bits per heavy atom. The summed E-state index contributed by atoms with van der Waals surface area (Å²) in [6.07, 6.45) is 0. The lowest BCUT2D eigenvalue weighted by atomic mass is 10.3. The van der Waals surface area contributed by atoms with Crippen LogP contribution in [0.3, 0.4) is 0 Å². The lowest BCUT2D eigenvalue weighted by Gasteiger charge is -2.08. The highest BCUT2D eigenvalue weighted by Crippen LogP contribution is 2.29. The number of methoxy groups -OCH3 is 1. The molecule has 0 bridgehead atoms. The number of nitrogens with one attached hydrogen (secondary N) is 2. The highest BCUT2D eigenvalue weighted by Gasteiger charge is 2.17. The van der Waals surface area contributed by atoms with Crippen molar-refractivity contribution in [3.63, 3.8) is 0 Å². The van der Waals surface area contributed by atoms with Crippen molar-refractivity contribution in [1.82, 2.24) is 9.97 Å². The van der Waals surface area contributed by atoms with Gasteiger partial charge in [0.05, 0.1) is 27.2 Å². The number of sulfonamides is 1. The van der Waals surface area contributed by atoms with E-state index in [0.29, 0.717) is 22.5 Å². The molecule has 0 aliphatic rings. The van der Waals surface area contributed by atoms with Gasteiger partial charge >= 0.3 is 0 Å². The van der Waals surface area contributed by atoms with Gasteiger partial charge in [-0.25, -0.2) is 13.4 Å². The Kier molecular flexibility index (Phi) is 4.95. The highest BCUT2D eigenvalue weighted by atomic mass is 32.2. The van der Waals surface area contributed by atoms with Gasteiger partial charge < -0.3 is 14.5 Å². The molecule has 0 amide bonds. The monoisotopic (exact) mass is 466 g/mol. The number of rotatable bonds is 6. The smallest absolute Gasteiger partial charge is 0.300 e. The van der Waals surface area contributed by atoms with Crippen LogP contribution < -0.4 is 14.8 Å². The van der Waals surface area contributed by atoms with Gasteiger partial charge in [0.1, 0.15) is 11.3 Å². The molecule has 0 radical (unpaired) electrons. The summed E-state index contributed by atoms with van der Waals surface area (Å²) in [5.41, 5.74) is 3.09. The number of nitrogens with zero attached hydrogens (tertiary/aromatic N) is 2. The Labute approximate surface area is 187 Å². The standard InChI is InChI=1S/C22H18N4O4S2/c1-13-23-18-9-5-15(11-21(18)31-13)24-22-25-19-12-17(8-10-20(19)30-22)32(27,28)26-14-3-6-16(29-2)7-4-14/h3-12,26H,1-2H3,(H,24,25). The molecule has 0 saturated carbocycles. The topological polar surface area (TPSA) is 106 Å². The fraction of sp³-hybridized carbons (Fsp3) is 0.0909. The van der Waals surface area contributed by atoms with E-state index in [9.17, 15) is 8.42 Å². The summed E-state index contributed by atoms with van der Waals surface area (Å²) >= 11 is 1.61. The van der Waals surface area contributed by atoms with E-state index in [-0.39, 0.29) is 10.9 Å². The van der Waals surface area contributed by atoms with E-state index in [0.717, 1.165) is 20.9 Å². The number of fused-ring (bicyclic) bond motifs is 2. The number of ether oxygens (including phenoxy) is 1. The molecule has 2 N–H and O–H groups in total. The van der Waals surface area contributed by atoms with Gasteiger partial charge in [-0.2, -0.15) is 4.98 Å². The van der Waals surface area contributed by atoms with E-state index >= 15 is 0 Å². The van der Waals surface area contributed by atoms with Gasteiger partial charge in [-0.1, -0.05) is 0 Å². The van der Waals surface area contributed by atoms with E-state index in [4.69, 9.17) is 9.15 Å². The molecule has 2 aromatic heterocycles. The molecule has 0 aliphatic heterocycles. The van der Waals surface area contributed by atoms with Gasteiger partial charge in [0.25, 0.3) is 16.0 Å². The van der Waals surface area contributed by atoms with Crippen LogP contribution in [0.15, 0.2) is 70.0 Å². The zero-order valence-electron chi connectivity index (χ0n) is 17.1. The Hall–Kier alpha value is -3.63. The second kappa shape index (κ2) is 7.81. The minimum atomic E-state index is -3.79. The zero-order chi connectivity index (χ0) is 22.3. The predicted molar refractivity (Wildman–Crippen MR) is 125 cm³/mol. The Bertz CT molecular complexity index is 1540. The number of hydrogen-bond donors (Lipinski definition) is 2. The summed E-state index contributed by atoms with van der Waals surface area (Å²) in [7, 11) is -2.24. The molecule has 0 saturated heterocycles. The molecule has 2 heterocycles. The molecule has 3 aromatic carbocycles. The fourth-order valence-electron chi connectivity index (χ4n) is 3.24. The summed E-state index contributed by atoms with van der Waals surface area (Å²) in [4.78, 5) is 8.93. The van der Waals surface area contributed by atoms with Gasteiger partial charge in [0, 0.05) is 11.4 Å². The molecular formula is C22H18N4O4S2. The van der Waals surface area contributed by atoms with Crippen LogP contribution in [0.5, 0.6) is 5.75 Å². The van der Waals surface area contributed by atoms with Crippen molar-refractivity contribution < 1.29 is 17.6 Å². The fourth-order valence-corrected chi connectivity index (χ4v) is 5.19. The molecule has 10 heteroatoms. The first kappa shape index (κ1) is 20.3. The molecular weight excluding hydrogens is 448 g/mol. The van der Waals surface area contributed by atoms with Crippen LogP contribution in [0.1, 0.15) is 5.01 Å². The molecule has 0 aliphatic carbocycles. The molecule has 0 atom stereocenters. The second-order valence-corrected chi connectivity index (χ2v) is 9.94. The molecule has 0 fully saturated rings. The second-order valence-electron chi connectivity index (χ2n) is 7.02. The minimum absolute atomic E-state index is 0.0854. The summed E-state index contributed by atoms with van der Waals surface area (Å²) in [5, 5.41) is 4.12. The van der Waals surface area contributed by atoms with Crippen molar-refractivity contribution in [3.8, 4) is 5.75 Å². The highest BCUT2D eigenvalue weighted by molar-refractivity contribution is 7.92. The van der Waals surface area contributed by atoms with Gasteiger partial charge in [0.15, 0.2) is 5.58 Å². The van der Waals surface area contributed by atoms with E-state index < -0.39 is 10.0 Å². The molecule has 5 aromatic rings. The third-order valence-electron chi connectivity index (χ3n) is 4.76. The predicted octanol–water partition coefficient (Wildman–Crippen LogP) is 5.30. The van der Waals surface area contributed by atoms with Gasteiger partial charge in [-0.05, 0) is 67.6 Å². The van der Waals surface area contributed by atoms with Gasteiger partial charge in [0.2, 0.25) is 0 Å². The lowest BCUT2D eigenvalue weighted by Crippen LogP contribution is -2.12. The number of hydrogen-bond acceptors (Lipinski definition) is 8. The Morgan fingerprint density at radius 2 is 1.72 bits per heavy atom. The van der Waals surface area contributed by atoms with Crippen molar-refractivity contribution in [2.75, 3.05) is 17.1 Å². The number of anilines is 3. The van der Waals surface area contributed by atoms with Crippen LogP contribution in [0.4, 0.5) is 17.4 Å². The SMILES string of the molecule is COc1ccc(NS(=O)(=O)c2ccc3oc(Nc4ccc5nc(C)sc5c4)nc3c2)cc1. The first-order valence-corrected chi connectivity index (χ1v) is 11.9. The summed E-state index contributed by atoms with van der Waals surface area (Å²) in [6, 6.07) is 17.3. The first-order valence-electron chi connectivity index (χ1n) is 9.61. The number of aromatic nitrogens is 2. The van der Waals surface area contributed by atoms with Crippen molar-refractivity contribution >= 4 is 60.1 Å². The summed E-state index contributed by atoms with van der Waals surface area (Å²) < 4.78 is 40.0. The van der Waals surface area contributed by atoms with Crippen molar-refractivity contribution in [2.24, 2.45) is 0 Å². The van der Waals surface area contributed by atoms with Crippen molar-refractivity contribution in [1.29, 1.82) is 0 Å². The average Bonchev–Trinajstić information content (AvgIpc) is 3.34. The Balaban J connectivity index is 1.39. The van der Waals surface area contributed by atoms with Gasteiger partial charge in [-0.15, -0.1) is 11.3 Å². The summed E-state index contributed by atoms with van der Waals surface area (Å²) in [6.45, 7) is 1.97. The van der Waals surface area contributed by atoms with Crippen LogP contribution in [0.2, 0.25) is 0 Å². The van der Waals surface area contributed by atoms with E-state index in [1.165, 1.54) is 12.1 Å². The zero-order valence-corrected chi connectivity index (χ0v) is 18.8. The largest absolute Gasteiger partial charge is 0.497 e. The maximum absolute atomic E-state index is 12.8. The van der Waals surface area contributed by atoms with E-state index in [1.807, 2.05) is 25.1 Å². The van der Waals surface area contributed by atoms with Crippen LogP contribution in [-0.4, -0.2) is 25.5 Å². The summed E-state index contributed by atoms with van der Waals surface area (Å²) in [5.74, 6) is 0.640. The molecule has 0 unspecified atom stereocenters. The van der Waals surface area contributed by atoms with E-state index in [1.54, 1.807) is 48.8 Å². The molecule has 32 heavy (non-hydrogen) atoms. The van der Waals surface area contributed by atoms with Crippen molar-refractivity contribution in [3.05, 3.63) is 65.7 Å². The van der Waals surface area contributed by atoms with Crippen LogP contribution in [-0.2, 0) is 10.0 Å². The molecule has 0 spiro atoms. The maximum Gasteiger partial charge on any atom is 0.300 e. The number of thiazole rings is 1. The minimum Gasteiger partial charge on any atom is -0.497 e. The average molecular weight is 467 g/mol. The van der Waals surface area contributed by atoms with Crippen LogP contribution in [0, 0.1) is 6.92 Å². The third-order valence-corrected chi connectivity index (χ3v) is 7.07. The van der Waals surface area contributed by atoms with Crippen LogP contribution >= 0.6 is 11.3 Å². The van der Waals surface area contributed by atoms with E-state index in [2.05, 4.69) is 20.0 Å².